The minimum Gasteiger partial charge on any atom is -0.480 e. The minimum atomic E-state index is -1.08. The van der Waals surface area contributed by atoms with Crippen LogP contribution in [0.1, 0.15) is 64.0 Å². The molecule has 0 spiro atoms. The van der Waals surface area contributed by atoms with Gasteiger partial charge in [-0.15, -0.1) is 0 Å². The fourth-order valence-electron chi connectivity index (χ4n) is 2.29. The van der Waals surface area contributed by atoms with Crippen LogP contribution in [-0.2, 0) is 15.1 Å². The summed E-state index contributed by atoms with van der Waals surface area (Å²) in [6, 6.07) is -1.00. The molecular formula is C17H29N3O4. The maximum atomic E-state index is 12.4. The average Bonchev–Trinajstić information content (AvgIpc) is 2.77. The van der Waals surface area contributed by atoms with E-state index in [4.69, 9.17) is 4.74 Å². The fourth-order valence-corrected chi connectivity index (χ4v) is 2.29. The quantitative estimate of drug-likeness (QED) is 0.830. The molecule has 0 bridgehead atoms. The highest BCUT2D eigenvalue weighted by Crippen LogP contribution is 2.18. The van der Waals surface area contributed by atoms with E-state index in [0.29, 0.717) is 11.3 Å². The van der Waals surface area contributed by atoms with E-state index in [2.05, 4.69) is 10.4 Å². The number of carbonyl (C=O) groups is 2. The number of ether oxygens (including phenoxy) is 1. The first kappa shape index (κ1) is 20.2. The summed E-state index contributed by atoms with van der Waals surface area (Å²) in [6.45, 7) is 13.7. The third-order valence-corrected chi connectivity index (χ3v) is 3.43. The summed E-state index contributed by atoms with van der Waals surface area (Å²) in [5, 5.41) is 16.1. The van der Waals surface area contributed by atoms with Gasteiger partial charge in [0.05, 0.1) is 22.9 Å². The normalized spacial score (nSPS) is 13.6. The van der Waals surface area contributed by atoms with Crippen LogP contribution >= 0.6 is 0 Å². The Labute approximate surface area is 143 Å². The van der Waals surface area contributed by atoms with Crippen LogP contribution in [-0.4, -0.2) is 45.0 Å². The summed E-state index contributed by atoms with van der Waals surface area (Å²) in [5.41, 5.74) is 0.482. The largest absolute Gasteiger partial charge is 0.480 e. The molecule has 0 aliphatic rings. The second kappa shape index (κ2) is 7.34. The number of carboxylic acids is 1. The van der Waals surface area contributed by atoms with Crippen LogP contribution in [0.4, 0.5) is 0 Å². The maximum Gasteiger partial charge on any atom is 0.326 e. The van der Waals surface area contributed by atoms with Crippen LogP contribution in [0.15, 0.2) is 6.20 Å². The summed E-state index contributed by atoms with van der Waals surface area (Å²) < 4.78 is 7.29. The van der Waals surface area contributed by atoms with Crippen molar-refractivity contribution in [2.45, 2.75) is 72.1 Å². The van der Waals surface area contributed by atoms with Gasteiger partial charge in [-0.2, -0.15) is 5.10 Å². The van der Waals surface area contributed by atoms with E-state index in [1.54, 1.807) is 11.6 Å². The molecule has 0 saturated heterocycles. The molecule has 136 valence electrons. The van der Waals surface area contributed by atoms with Gasteiger partial charge in [0, 0.05) is 18.7 Å². The first-order valence-corrected chi connectivity index (χ1v) is 8.05. The number of carboxylic acid groups (broad SMARTS) is 1. The van der Waals surface area contributed by atoms with Gasteiger partial charge in [-0.3, -0.25) is 9.48 Å². The zero-order valence-corrected chi connectivity index (χ0v) is 15.6. The Hall–Kier alpha value is -1.89. The predicted molar refractivity (Wildman–Crippen MR) is 91.2 cm³/mol. The molecule has 1 heterocycles. The molecule has 1 amide bonds. The van der Waals surface area contributed by atoms with Crippen molar-refractivity contribution in [2.75, 3.05) is 6.61 Å². The minimum absolute atomic E-state index is 0.199. The number of aromatic nitrogens is 2. The summed E-state index contributed by atoms with van der Waals surface area (Å²) >= 11 is 0. The molecule has 24 heavy (non-hydrogen) atoms. The van der Waals surface area contributed by atoms with Gasteiger partial charge in [0.15, 0.2) is 0 Å². The first-order chi connectivity index (χ1) is 10.8. The molecule has 1 aromatic heterocycles. The molecule has 0 saturated carbocycles. The maximum absolute atomic E-state index is 12.4. The van der Waals surface area contributed by atoms with Crippen molar-refractivity contribution in [3.05, 3.63) is 17.5 Å². The lowest BCUT2D eigenvalue weighted by Gasteiger charge is -2.22. The van der Waals surface area contributed by atoms with Crippen molar-refractivity contribution in [1.82, 2.24) is 15.1 Å². The van der Waals surface area contributed by atoms with E-state index in [1.807, 2.05) is 41.5 Å². The molecule has 0 radical (unpaired) electrons. The standard InChI is InChI=1S/C17H29N3O4/c1-11-12(10-18-20(11)16(2,3)4)14(21)19-13(15(22)23)8-9-24-17(5,6)7/h10,13H,8-9H2,1-7H3,(H,19,21)(H,22,23). The third-order valence-electron chi connectivity index (χ3n) is 3.43. The Morgan fingerprint density at radius 2 is 1.88 bits per heavy atom. The Balaban J connectivity index is 2.80. The number of nitrogens with one attached hydrogen (secondary N) is 1. The summed E-state index contributed by atoms with van der Waals surface area (Å²) in [7, 11) is 0. The number of hydrogen-bond donors (Lipinski definition) is 2. The smallest absolute Gasteiger partial charge is 0.326 e. The highest BCUT2D eigenvalue weighted by Gasteiger charge is 2.25. The van der Waals surface area contributed by atoms with Crippen LogP contribution in [0.2, 0.25) is 0 Å². The van der Waals surface area contributed by atoms with Crippen LogP contribution in [0.25, 0.3) is 0 Å². The van der Waals surface area contributed by atoms with Crippen molar-refractivity contribution in [2.24, 2.45) is 0 Å². The molecule has 7 nitrogen and oxygen atoms in total. The highest BCUT2D eigenvalue weighted by atomic mass is 16.5. The van der Waals surface area contributed by atoms with E-state index in [-0.39, 0.29) is 24.2 Å². The van der Waals surface area contributed by atoms with Gasteiger partial charge in [0.25, 0.3) is 5.91 Å². The average molecular weight is 339 g/mol. The molecule has 0 aliphatic carbocycles. The Morgan fingerprint density at radius 3 is 2.29 bits per heavy atom. The number of amides is 1. The summed E-state index contributed by atoms with van der Waals surface area (Å²) in [5.74, 6) is -1.52. The Bertz CT molecular complexity index is 594. The van der Waals surface area contributed by atoms with Crippen molar-refractivity contribution < 1.29 is 19.4 Å². The van der Waals surface area contributed by atoms with E-state index in [0.717, 1.165) is 0 Å². The van der Waals surface area contributed by atoms with Gasteiger partial charge in [-0.25, -0.2) is 4.79 Å². The van der Waals surface area contributed by atoms with Gasteiger partial charge < -0.3 is 15.2 Å². The number of carbonyl (C=O) groups excluding carboxylic acids is 1. The zero-order valence-electron chi connectivity index (χ0n) is 15.6. The van der Waals surface area contributed by atoms with E-state index in [9.17, 15) is 14.7 Å². The Kier molecular flexibility index (Phi) is 6.16. The van der Waals surface area contributed by atoms with E-state index < -0.39 is 17.9 Å². The lowest BCUT2D eigenvalue weighted by molar-refractivity contribution is -0.140. The monoisotopic (exact) mass is 339 g/mol. The predicted octanol–water partition coefficient (Wildman–Crippen LogP) is 2.33. The van der Waals surface area contributed by atoms with Crippen molar-refractivity contribution in [1.29, 1.82) is 0 Å². The number of hydrogen-bond acceptors (Lipinski definition) is 4. The van der Waals surface area contributed by atoms with Gasteiger partial charge in [-0.05, 0) is 48.5 Å². The van der Waals surface area contributed by atoms with Crippen LogP contribution in [0.5, 0.6) is 0 Å². The third kappa shape index (κ3) is 5.63. The molecular weight excluding hydrogens is 310 g/mol. The van der Waals surface area contributed by atoms with Crippen LogP contribution < -0.4 is 5.32 Å². The van der Waals surface area contributed by atoms with Crippen molar-refractivity contribution in [3.8, 4) is 0 Å². The zero-order chi connectivity index (χ0) is 18.7. The molecule has 7 heteroatoms. The van der Waals surface area contributed by atoms with Crippen molar-refractivity contribution in [3.63, 3.8) is 0 Å². The lowest BCUT2D eigenvalue weighted by Crippen LogP contribution is -2.42. The summed E-state index contributed by atoms with van der Waals surface area (Å²) in [4.78, 5) is 23.8. The van der Waals surface area contributed by atoms with Gasteiger partial charge in [-0.1, -0.05) is 0 Å². The summed E-state index contributed by atoms with van der Waals surface area (Å²) in [6.07, 6.45) is 1.67. The van der Waals surface area contributed by atoms with E-state index >= 15 is 0 Å². The molecule has 1 atom stereocenters. The van der Waals surface area contributed by atoms with E-state index in [1.165, 1.54) is 6.20 Å². The lowest BCUT2D eigenvalue weighted by atomic mass is 10.1. The highest BCUT2D eigenvalue weighted by molar-refractivity contribution is 5.97. The molecule has 0 aromatic carbocycles. The number of rotatable bonds is 6. The van der Waals surface area contributed by atoms with Gasteiger partial charge in [0.2, 0.25) is 0 Å². The number of aliphatic carboxylic acids is 1. The van der Waals surface area contributed by atoms with Gasteiger partial charge in [0.1, 0.15) is 6.04 Å². The van der Waals surface area contributed by atoms with Crippen LogP contribution in [0, 0.1) is 6.92 Å². The molecule has 0 aliphatic heterocycles. The van der Waals surface area contributed by atoms with Gasteiger partial charge >= 0.3 is 5.97 Å². The topological polar surface area (TPSA) is 93.4 Å². The molecule has 1 aromatic rings. The molecule has 0 fully saturated rings. The molecule has 1 rings (SSSR count). The van der Waals surface area contributed by atoms with Crippen LogP contribution in [0.3, 0.4) is 0 Å². The Morgan fingerprint density at radius 1 is 1.29 bits per heavy atom. The fraction of sp³-hybridized carbons (Fsp3) is 0.706. The SMILES string of the molecule is Cc1c(C(=O)NC(CCOC(C)(C)C)C(=O)O)cnn1C(C)(C)C. The first-order valence-electron chi connectivity index (χ1n) is 8.05. The second-order valence-corrected chi connectivity index (χ2v) is 7.84. The molecule has 1 unspecified atom stereocenters. The second-order valence-electron chi connectivity index (χ2n) is 7.84. The molecule has 2 N–H and O–H groups in total. The number of nitrogens with zero attached hydrogens (tertiary/aromatic N) is 2. The van der Waals surface area contributed by atoms with Crippen molar-refractivity contribution >= 4 is 11.9 Å².